The van der Waals surface area contributed by atoms with Gasteiger partial charge in [0.2, 0.25) is 0 Å². The van der Waals surface area contributed by atoms with E-state index in [1.165, 1.54) is 0 Å². The van der Waals surface area contributed by atoms with E-state index >= 15 is 0 Å². The van der Waals surface area contributed by atoms with Crippen LogP contribution in [0.3, 0.4) is 0 Å². The molecule has 0 radical (unpaired) electrons. The number of fused-ring (bicyclic) bond motifs is 6. The fourth-order valence-electron chi connectivity index (χ4n) is 10.7. The standard InChI is InChI=1S/C33H50O7/c1-27(2)37-23-16-21-22(34)15-20-19(30(21,6)17-24(23)38-27)9-13-31(7)25(10-14-33(20,31)35)32(8)26(39-28(3,4)40-32)11-12-29(5)18-36-29/h15,19,21,23-26,35H,9-14,16-18H2,1-8H3/t19-,21-,23+,24-,25-,26+,29?,30+,31+,32+,33+/m0/s1. The van der Waals surface area contributed by atoms with Crippen LogP contribution in [0.4, 0.5) is 0 Å². The fraction of sp³-hybridized carbons (Fsp3) is 0.909. The minimum atomic E-state index is -1.04. The molecule has 224 valence electrons. The maximum absolute atomic E-state index is 13.9. The van der Waals surface area contributed by atoms with Crippen LogP contribution in [0.1, 0.15) is 107 Å². The first-order chi connectivity index (χ1) is 18.4. The van der Waals surface area contributed by atoms with Gasteiger partial charge < -0.3 is 28.8 Å². The van der Waals surface area contributed by atoms with Crippen molar-refractivity contribution >= 4 is 5.78 Å². The lowest BCUT2D eigenvalue weighted by atomic mass is 9.45. The van der Waals surface area contributed by atoms with Gasteiger partial charge in [0.1, 0.15) is 0 Å². The van der Waals surface area contributed by atoms with Gasteiger partial charge in [-0.1, -0.05) is 13.8 Å². The molecule has 11 atom stereocenters. The third-order valence-corrected chi connectivity index (χ3v) is 12.7. The van der Waals surface area contributed by atoms with Crippen LogP contribution in [-0.2, 0) is 28.5 Å². The number of allylic oxidation sites excluding steroid dienone is 1. The van der Waals surface area contributed by atoms with Gasteiger partial charge in [-0.25, -0.2) is 0 Å². The normalized spacial score (nSPS) is 55.7. The van der Waals surface area contributed by atoms with Crippen molar-refractivity contribution in [2.24, 2.45) is 28.6 Å². The van der Waals surface area contributed by atoms with Crippen molar-refractivity contribution in [1.82, 2.24) is 0 Å². The first kappa shape index (κ1) is 28.0. The first-order valence-corrected chi connectivity index (χ1v) is 15.8. The van der Waals surface area contributed by atoms with Gasteiger partial charge in [0, 0.05) is 11.3 Å². The van der Waals surface area contributed by atoms with E-state index in [9.17, 15) is 9.90 Å². The van der Waals surface area contributed by atoms with Gasteiger partial charge in [0.05, 0.1) is 41.7 Å². The SMILES string of the molecule is CC1(CC[C@H]2OC(C)(C)O[C@]2(C)[C@H]2CC[C@@]3(O)C4=CC(=O)[C@@H]5C[C@H]6OC(C)(C)O[C@H]6C[C@]5(C)[C@H]4CC[C@]23C)CO1. The zero-order valence-electron chi connectivity index (χ0n) is 25.8. The molecule has 4 aliphatic carbocycles. The molecule has 40 heavy (non-hydrogen) atoms. The van der Waals surface area contributed by atoms with Crippen molar-refractivity contribution in [3.05, 3.63) is 11.6 Å². The molecule has 0 aromatic heterocycles. The van der Waals surface area contributed by atoms with Gasteiger partial charge in [-0.05, 0) is 122 Å². The summed E-state index contributed by atoms with van der Waals surface area (Å²) in [7, 11) is 0. The molecule has 0 bridgehead atoms. The van der Waals surface area contributed by atoms with Crippen molar-refractivity contribution in [3.63, 3.8) is 0 Å². The molecule has 3 saturated carbocycles. The Morgan fingerprint density at radius 3 is 2.30 bits per heavy atom. The van der Waals surface area contributed by atoms with E-state index in [4.69, 9.17) is 23.7 Å². The minimum absolute atomic E-state index is 0.00840. The number of aliphatic hydroxyl groups is 1. The molecule has 3 aliphatic heterocycles. The minimum Gasteiger partial charge on any atom is -0.385 e. The topological polar surface area (TPSA) is 86.8 Å². The van der Waals surface area contributed by atoms with E-state index < -0.39 is 28.2 Å². The lowest BCUT2D eigenvalue weighted by molar-refractivity contribution is -0.190. The fourth-order valence-corrected chi connectivity index (χ4v) is 10.7. The Hall–Kier alpha value is -0.830. The highest BCUT2D eigenvalue weighted by molar-refractivity contribution is 5.95. The summed E-state index contributed by atoms with van der Waals surface area (Å²) in [6.45, 7) is 17.7. The zero-order chi connectivity index (χ0) is 28.7. The quantitative estimate of drug-likeness (QED) is 0.458. The molecular formula is C33H50O7. The Kier molecular flexibility index (Phi) is 5.74. The number of ether oxygens (including phenoxy) is 5. The Labute approximate surface area is 239 Å². The highest BCUT2D eigenvalue weighted by Crippen LogP contribution is 2.70. The number of carbonyl (C=O) groups excluding carboxylic acids is 1. The summed E-state index contributed by atoms with van der Waals surface area (Å²) < 4.78 is 31.6. The van der Waals surface area contributed by atoms with E-state index in [-0.39, 0.29) is 52.9 Å². The number of hydrogen-bond donors (Lipinski definition) is 1. The van der Waals surface area contributed by atoms with Crippen LogP contribution >= 0.6 is 0 Å². The predicted octanol–water partition coefficient (Wildman–Crippen LogP) is 5.47. The molecule has 6 fully saturated rings. The molecule has 0 amide bonds. The molecular weight excluding hydrogens is 508 g/mol. The second-order valence-electron chi connectivity index (χ2n) is 16.2. The second kappa shape index (κ2) is 8.21. The summed E-state index contributed by atoms with van der Waals surface area (Å²) in [6.07, 6.45) is 8.39. The van der Waals surface area contributed by atoms with Crippen molar-refractivity contribution in [3.8, 4) is 0 Å². The van der Waals surface area contributed by atoms with Crippen LogP contribution in [0.2, 0.25) is 0 Å². The first-order valence-electron chi connectivity index (χ1n) is 15.8. The van der Waals surface area contributed by atoms with Crippen molar-refractivity contribution in [2.45, 2.75) is 153 Å². The third kappa shape index (κ3) is 3.80. The molecule has 0 spiro atoms. The van der Waals surface area contributed by atoms with Gasteiger partial charge in [-0.15, -0.1) is 0 Å². The van der Waals surface area contributed by atoms with E-state index in [0.717, 1.165) is 50.7 Å². The largest absolute Gasteiger partial charge is 0.385 e. The molecule has 1 N–H and O–H groups in total. The van der Waals surface area contributed by atoms with Gasteiger partial charge in [0.15, 0.2) is 17.4 Å². The number of hydrogen-bond acceptors (Lipinski definition) is 7. The molecule has 7 rings (SSSR count). The smallest absolute Gasteiger partial charge is 0.164 e. The zero-order valence-corrected chi connectivity index (χ0v) is 25.8. The van der Waals surface area contributed by atoms with E-state index in [0.29, 0.717) is 12.8 Å². The van der Waals surface area contributed by atoms with Gasteiger partial charge in [-0.2, -0.15) is 0 Å². The van der Waals surface area contributed by atoms with Gasteiger partial charge >= 0.3 is 0 Å². The number of carbonyl (C=O) groups is 1. The Bertz CT molecular complexity index is 1140. The lowest BCUT2D eigenvalue weighted by Crippen LogP contribution is -2.62. The number of epoxide rings is 1. The van der Waals surface area contributed by atoms with Gasteiger partial charge in [-0.3, -0.25) is 4.79 Å². The van der Waals surface area contributed by atoms with E-state index in [1.807, 2.05) is 33.8 Å². The summed E-state index contributed by atoms with van der Waals surface area (Å²) >= 11 is 0. The number of rotatable bonds is 4. The highest BCUT2D eigenvalue weighted by atomic mass is 16.8. The Morgan fingerprint density at radius 2 is 1.60 bits per heavy atom. The van der Waals surface area contributed by atoms with Crippen LogP contribution in [-0.4, -0.2) is 64.2 Å². The van der Waals surface area contributed by atoms with Crippen molar-refractivity contribution < 1.29 is 33.6 Å². The molecule has 7 heteroatoms. The Morgan fingerprint density at radius 1 is 0.900 bits per heavy atom. The van der Waals surface area contributed by atoms with Gasteiger partial charge in [0.25, 0.3) is 0 Å². The maximum Gasteiger partial charge on any atom is 0.164 e. The monoisotopic (exact) mass is 558 g/mol. The lowest BCUT2D eigenvalue weighted by Gasteiger charge is -2.60. The van der Waals surface area contributed by atoms with Crippen LogP contribution in [0, 0.1) is 28.6 Å². The summed E-state index contributed by atoms with van der Waals surface area (Å²) in [6, 6.07) is 0. The third-order valence-electron chi connectivity index (χ3n) is 12.7. The average molecular weight is 559 g/mol. The van der Waals surface area contributed by atoms with Crippen molar-refractivity contribution in [1.29, 1.82) is 0 Å². The molecule has 0 aromatic carbocycles. The summed E-state index contributed by atoms with van der Waals surface area (Å²) in [4.78, 5) is 13.9. The maximum atomic E-state index is 13.9. The summed E-state index contributed by atoms with van der Waals surface area (Å²) in [5.74, 6) is -0.971. The predicted molar refractivity (Wildman–Crippen MR) is 148 cm³/mol. The van der Waals surface area contributed by atoms with Crippen LogP contribution in [0.15, 0.2) is 11.6 Å². The molecule has 3 saturated heterocycles. The second-order valence-corrected chi connectivity index (χ2v) is 16.2. The highest BCUT2D eigenvalue weighted by Gasteiger charge is 2.71. The van der Waals surface area contributed by atoms with E-state index in [2.05, 4.69) is 27.7 Å². The number of ketones is 1. The molecule has 1 unspecified atom stereocenters. The summed E-state index contributed by atoms with van der Waals surface area (Å²) in [5, 5.41) is 12.8. The van der Waals surface area contributed by atoms with Crippen molar-refractivity contribution in [2.75, 3.05) is 6.61 Å². The molecule has 7 aliphatic rings. The van der Waals surface area contributed by atoms with Crippen LogP contribution in [0.5, 0.6) is 0 Å². The molecule has 7 nitrogen and oxygen atoms in total. The average Bonchev–Trinajstić information content (AvgIpc) is 3.28. The molecule has 3 heterocycles. The Balaban J connectivity index is 1.21. The van der Waals surface area contributed by atoms with Crippen LogP contribution in [0.25, 0.3) is 0 Å². The van der Waals surface area contributed by atoms with E-state index in [1.54, 1.807) is 0 Å². The summed E-state index contributed by atoms with van der Waals surface area (Å²) in [5.41, 5.74) is -1.31. The molecule has 0 aromatic rings. The van der Waals surface area contributed by atoms with Crippen LogP contribution < -0.4 is 0 Å².